The molecule has 0 aliphatic rings. The van der Waals surface area contributed by atoms with Gasteiger partial charge >= 0.3 is 0 Å². The third-order valence-corrected chi connectivity index (χ3v) is 3.85. The van der Waals surface area contributed by atoms with E-state index >= 15 is 0 Å². The van der Waals surface area contributed by atoms with Crippen molar-refractivity contribution in [1.82, 2.24) is 5.32 Å². The van der Waals surface area contributed by atoms with Crippen LogP contribution in [0.5, 0.6) is 5.75 Å². The van der Waals surface area contributed by atoms with Crippen molar-refractivity contribution in [2.24, 2.45) is 0 Å². The number of rotatable bonds is 7. The van der Waals surface area contributed by atoms with Crippen LogP contribution in [0.2, 0.25) is 0 Å². The Morgan fingerprint density at radius 3 is 2.57 bits per heavy atom. The van der Waals surface area contributed by atoms with E-state index in [1.165, 1.54) is 16.3 Å². The second-order valence-corrected chi connectivity index (χ2v) is 5.54. The molecule has 2 N–H and O–H groups in total. The van der Waals surface area contributed by atoms with E-state index in [9.17, 15) is 5.11 Å². The third-order valence-electron chi connectivity index (χ3n) is 3.85. The van der Waals surface area contributed by atoms with E-state index in [0.29, 0.717) is 6.54 Å². The van der Waals surface area contributed by atoms with Gasteiger partial charge in [-0.25, -0.2) is 0 Å². The molecule has 0 amide bonds. The van der Waals surface area contributed by atoms with Crippen molar-refractivity contribution in [2.45, 2.75) is 38.8 Å². The molecule has 2 rings (SSSR count). The van der Waals surface area contributed by atoms with Crippen LogP contribution in [0.1, 0.15) is 38.3 Å². The summed E-state index contributed by atoms with van der Waals surface area (Å²) >= 11 is 0. The first-order chi connectivity index (χ1) is 10.1. The van der Waals surface area contributed by atoms with Crippen LogP contribution in [-0.2, 0) is 0 Å². The fourth-order valence-corrected chi connectivity index (χ4v) is 2.50. The van der Waals surface area contributed by atoms with Crippen molar-refractivity contribution in [2.75, 3.05) is 13.7 Å². The topological polar surface area (TPSA) is 41.5 Å². The predicted molar refractivity (Wildman–Crippen MR) is 87.8 cm³/mol. The SMILES string of the molecule is CCCC(O)CNC(C)c1ccc2cc(OC)ccc2c1. The number of ether oxygens (including phenoxy) is 1. The molecule has 0 heterocycles. The number of hydrogen-bond acceptors (Lipinski definition) is 3. The molecule has 3 heteroatoms. The number of fused-ring (bicyclic) bond motifs is 1. The Labute approximate surface area is 126 Å². The van der Waals surface area contributed by atoms with E-state index in [0.717, 1.165) is 18.6 Å². The van der Waals surface area contributed by atoms with Gasteiger partial charge in [-0.05, 0) is 47.9 Å². The fourth-order valence-electron chi connectivity index (χ4n) is 2.50. The van der Waals surface area contributed by atoms with Gasteiger partial charge in [-0.3, -0.25) is 0 Å². The third kappa shape index (κ3) is 4.19. The standard InChI is InChI=1S/C18H25NO2/c1-4-5-17(20)12-19-13(2)14-6-7-16-11-18(21-3)9-8-15(16)10-14/h6-11,13,17,19-20H,4-5,12H2,1-3H3. The lowest BCUT2D eigenvalue weighted by Crippen LogP contribution is -2.28. The van der Waals surface area contributed by atoms with Crippen LogP contribution >= 0.6 is 0 Å². The van der Waals surface area contributed by atoms with Crippen LogP contribution in [0.3, 0.4) is 0 Å². The zero-order valence-corrected chi connectivity index (χ0v) is 13.1. The largest absolute Gasteiger partial charge is 0.497 e. The summed E-state index contributed by atoms with van der Waals surface area (Å²) in [5.41, 5.74) is 1.23. The maximum absolute atomic E-state index is 9.80. The van der Waals surface area contributed by atoms with Gasteiger partial charge in [0.1, 0.15) is 5.75 Å². The van der Waals surface area contributed by atoms with Crippen LogP contribution in [0, 0.1) is 0 Å². The summed E-state index contributed by atoms with van der Waals surface area (Å²) in [7, 11) is 1.68. The van der Waals surface area contributed by atoms with Gasteiger partial charge in [-0.1, -0.05) is 31.5 Å². The van der Waals surface area contributed by atoms with Crippen molar-refractivity contribution >= 4 is 10.8 Å². The smallest absolute Gasteiger partial charge is 0.119 e. The van der Waals surface area contributed by atoms with Gasteiger partial charge in [0, 0.05) is 12.6 Å². The molecule has 3 nitrogen and oxygen atoms in total. The summed E-state index contributed by atoms with van der Waals surface area (Å²) in [4.78, 5) is 0. The molecule has 0 spiro atoms. The van der Waals surface area contributed by atoms with Gasteiger partial charge in [0.2, 0.25) is 0 Å². The highest BCUT2D eigenvalue weighted by Crippen LogP contribution is 2.24. The van der Waals surface area contributed by atoms with Crippen LogP contribution < -0.4 is 10.1 Å². The van der Waals surface area contributed by atoms with Crippen LogP contribution in [-0.4, -0.2) is 24.9 Å². The minimum atomic E-state index is -0.262. The highest BCUT2D eigenvalue weighted by molar-refractivity contribution is 5.84. The summed E-state index contributed by atoms with van der Waals surface area (Å²) in [5, 5.41) is 15.6. The molecule has 21 heavy (non-hydrogen) atoms. The molecule has 0 aliphatic carbocycles. The lowest BCUT2D eigenvalue weighted by Gasteiger charge is -2.17. The zero-order chi connectivity index (χ0) is 15.2. The monoisotopic (exact) mass is 287 g/mol. The number of benzene rings is 2. The lowest BCUT2D eigenvalue weighted by molar-refractivity contribution is 0.157. The average Bonchev–Trinajstić information content (AvgIpc) is 2.51. The molecule has 2 atom stereocenters. The maximum atomic E-state index is 9.80. The van der Waals surface area contributed by atoms with Gasteiger partial charge in [-0.15, -0.1) is 0 Å². The minimum absolute atomic E-state index is 0.225. The van der Waals surface area contributed by atoms with Crippen molar-refractivity contribution < 1.29 is 9.84 Å². The fraction of sp³-hybridized carbons (Fsp3) is 0.444. The summed E-state index contributed by atoms with van der Waals surface area (Å²) in [6.07, 6.45) is 1.59. The van der Waals surface area contributed by atoms with Crippen molar-refractivity contribution in [3.8, 4) is 5.75 Å². The molecule has 2 aromatic carbocycles. The first-order valence-corrected chi connectivity index (χ1v) is 7.63. The molecule has 0 radical (unpaired) electrons. The summed E-state index contributed by atoms with van der Waals surface area (Å²) < 4.78 is 5.25. The van der Waals surface area contributed by atoms with Gasteiger partial charge in [-0.2, -0.15) is 0 Å². The summed E-state index contributed by atoms with van der Waals surface area (Å²) in [6, 6.07) is 12.8. The Bertz CT molecular complexity index is 582. The number of aliphatic hydroxyl groups is 1. The van der Waals surface area contributed by atoms with E-state index in [-0.39, 0.29) is 12.1 Å². The molecule has 0 saturated carbocycles. The van der Waals surface area contributed by atoms with E-state index in [1.54, 1.807) is 7.11 Å². The summed E-state index contributed by atoms with van der Waals surface area (Å²) in [5.74, 6) is 0.879. The van der Waals surface area contributed by atoms with Crippen molar-refractivity contribution in [1.29, 1.82) is 0 Å². The average molecular weight is 287 g/mol. The van der Waals surface area contributed by atoms with Crippen molar-refractivity contribution in [3.05, 3.63) is 42.0 Å². The van der Waals surface area contributed by atoms with E-state index < -0.39 is 0 Å². The number of aliphatic hydroxyl groups excluding tert-OH is 1. The Balaban J connectivity index is 2.07. The first kappa shape index (κ1) is 15.8. The van der Waals surface area contributed by atoms with Gasteiger partial charge in [0.15, 0.2) is 0 Å². The molecule has 0 fully saturated rings. The quantitative estimate of drug-likeness (QED) is 0.816. The molecule has 2 aromatic rings. The molecule has 0 aromatic heterocycles. The van der Waals surface area contributed by atoms with E-state index in [2.05, 4.69) is 43.4 Å². The number of nitrogens with one attached hydrogen (secondary N) is 1. The molecule has 0 saturated heterocycles. The molecular formula is C18H25NO2. The molecular weight excluding hydrogens is 262 g/mol. The molecule has 114 valence electrons. The minimum Gasteiger partial charge on any atom is -0.497 e. The predicted octanol–water partition coefficient (Wildman–Crippen LogP) is 3.66. The van der Waals surface area contributed by atoms with Gasteiger partial charge in [0.25, 0.3) is 0 Å². The highest BCUT2D eigenvalue weighted by atomic mass is 16.5. The normalized spacial score (nSPS) is 14.1. The van der Waals surface area contributed by atoms with Gasteiger partial charge < -0.3 is 15.2 Å². The van der Waals surface area contributed by atoms with Gasteiger partial charge in [0.05, 0.1) is 13.2 Å². The summed E-state index contributed by atoms with van der Waals surface area (Å²) in [6.45, 7) is 4.85. The zero-order valence-electron chi connectivity index (χ0n) is 13.1. The molecule has 0 bridgehead atoms. The van der Waals surface area contributed by atoms with Crippen LogP contribution in [0.15, 0.2) is 36.4 Å². The lowest BCUT2D eigenvalue weighted by atomic mass is 10.0. The Kier molecular flexibility index (Phi) is 5.59. The van der Waals surface area contributed by atoms with Crippen LogP contribution in [0.4, 0.5) is 0 Å². The Morgan fingerprint density at radius 1 is 1.14 bits per heavy atom. The second kappa shape index (κ2) is 7.43. The first-order valence-electron chi connectivity index (χ1n) is 7.63. The molecule has 0 aliphatic heterocycles. The molecule has 2 unspecified atom stereocenters. The van der Waals surface area contributed by atoms with E-state index in [4.69, 9.17) is 4.74 Å². The second-order valence-electron chi connectivity index (χ2n) is 5.54. The number of hydrogen-bond donors (Lipinski definition) is 2. The van der Waals surface area contributed by atoms with Crippen LogP contribution in [0.25, 0.3) is 10.8 Å². The highest BCUT2D eigenvalue weighted by Gasteiger charge is 2.09. The number of methoxy groups -OCH3 is 1. The maximum Gasteiger partial charge on any atom is 0.119 e. The Morgan fingerprint density at radius 2 is 1.86 bits per heavy atom. The Hall–Kier alpha value is -1.58. The van der Waals surface area contributed by atoms with Crippen molar-refractivity contribution in [3.63, 3.8) is 0 Å². The van der Waals surface area contributed by atoms with E-state index in [1.807, 2.05) is 12.1 Å².